The highest BCUT2D eigenvalue weighted by Crippen LogP contribution is 2.30. The predicted octanol–water partition coefficient (Wildman–Crippen LogP) is 1.04. The average molecular weight is 231 g/mol. The summed E-state index contributed by atoms with van der Waals surface area (Å²) in [5, 5.41) is 5.02. The Hall–Kier alpha value is -1.14. The van der Waals surface area contributed by atoms with Gasteiger partial charge in [-0.15, -0.1) is 0 Å². The van der Waals surface area contributed by atoms with Gasteiger partial charge in [0.25, 0.3) is 0 Å². The lowest BCUT2D eigenvalue weighted by atomic mass is 9.93. The van der Waals surface area contributed by atoms with Gasteiger partial charge in [0.15, 0.2) is 12.0 Å². The van der Waals surface area contributed by atoms with Crippen LogP contribution in [0, 0.1) is 0 Å². The molecule has 0 aliphatic heterocycles. The molecule has 0 aliphatic carbocycles. The van der Waals surface area contributed by atoms with E-state index in [2.05, 4.69) is 0 Å². The zero-order chi connectivity index (χ0) is 11.9. The van der Waals surface area contributed by atoms with E-state index in [0.717, 1.165) is 6.07 Å². The first-order valence-corrected chi connectivity index (χ1v) is 5.83. The Morgan fingerprint density at radius 1 is 1.40 bits per heavy atom. The molecule has 1 aromatic heterocycles. The van der Waals surface area contributed by atoms with Gasteiger partial charge in [0.05, 0.1) is 0 Å². The molecule has 0 spiro atoms. The lowest BCUT2D eigenvalue weighted by Gasteiger charge is -2.16. The SMILES string of the molecule is CC(C)(C)c1oc(C=O)cc1S(N)(=O)=O. The smallest absolute Gasteiger partial charge is 0.241 e. The highest BCUT2D eigenvalue weighted by molar-refractivity contribution is 7.89. The van der Waals surface area contributed by atoms with Gasteiger partial charge in [-0.25, -0.2) is 13.6 Å². The monoisotopic (exact) mass is 231 g/mol. The lowest BCUT2D eigenvalue weighted by molar-refractivity contribution is 0.109. The molecule has 6 heteroatoms. The van der Waals surface area contributed by atoms with Gasteiger partial charge in [-0.2, -0.15) is 0 Å². The standard InChI is InChI=1S/C9H13NO4S/c1-9(2,3)8-7(15(10,12)13)4-6(5-11)14-8/h4-5H,1-3H3,(H2,10,12,13). The molecular formula is C9H13NO4S. The topological polar surface area (TPSA) is 90.4 Å². The minimum Gasteiger partial charge on any atom is -0.456 e. The van der Waals surface area contributed by atoms with E-state index in [1.807, 2.05) is 0 Å². The molecule has 2 N–H and O–H groups in total. The second kappa shape index (κ2) is 3.46. The van der Waals surface area contributed by atoms with Gasteiger partial charge in [-0.05, 0) is 0 Å². The Kier molecular flexibility index (Phi) is 2.75. The lowest BCUT2D eigenvalue weighted by Crippen LogP contribution is -2.19. The van der Waals surface area contributed by atoms with E-state index >= 15 is 0 Å². The van der Waals surface area contributed by atoms with Crippen molar-refractivity contribution in [1.82, 2.24) is 0 Å². The molecule has 1 rings (SSSR count). The summed E-state index contributed by atoms with van der Waals surface area (Å²) >= 11 is 0. The first-order valence-electron chi connectivity index (χ1n) is 4.28. The van der Waals surface area contributed by atoms with Gasteiger partial charge >= 0.3 is 0 Å². The van der Waals surface area contributed by atoms with Crippen molar-refractivity contribution in [1.29, 1.82) is 0 Å². The number of hydrogen-bond acceptors (Lipinski definition) is 4. The summed E-state index contributed by atoms with van der Waals surface area (Å²) in [6, 6.07) is 1.14. The number of primary sulfonamides is 1. The number of hydrogen-bond donors (Lipinski definition) is 1. The van der Waals surface area contributed by atoms with Crippen molar-refractivity contribution in [2.75, 3.05) is 0 Å². The van der Waals surface area contributed by atoms with Crippen molar-refractivity contribution in [2.24, 2.45) is 5.14 Å². The molecule has 0 bridgehead atoms. The fraction of sp³-hybridized carbons (Fsp3) is 0.444. The molecule has 5 nitrogen and oxygen atoms in total. The molecule has 0 radical (unpaired) electrons. The third-order valence-electron chi connectivity index (χ3n) is 1.82. The second-order valence-electron chi connectivity index (χ2n) is 4.26. The van der Waals surface area contributed by atoms with Crippen LogP contribution in [0.1, 0.15) is 37.1 Å². The predicted molar refractivity (Wildman–Crippen MR) is 54.2 cm³/mol. The minimum atomic E-state index is -3.86. The van der Waals surface area contributed by atoms with Crippen LogP contribution in [0.3, 0.4) is 0 Å². The molecule has 0 atom stereocenters. The average Bonchev–Trinajstić information content (AvgIpc) is 2.44. The van der Waals surface area contributed by atoms with Crippen molar-refractivity contribution >= 4 is 16.3 Å². The maximum atomic E-state index is 11.2. The van der Waals surface area contributed by atoms with Gasteiger partial charge in [0, 0.05) is 11.5 Å². The second-order valence-corrected chi connectivity index (χ2v) is 5.78. The number of carbonyl (C=O) groups excluding carboxylic acids is 1. The summed E-state index contributed by atoms with van der Waals surface area (Å²) in [6.07, 6.45) is 0.448. The molecule has 15 heavy (non-hydrogen) atoms. The number of carbonyl (C=O) groups is 1. The molecule has 1 heterocycles. The molecule has 1 aromatic rings. The Labute approximate surface area is 88.3 Å². The van der Waals surface area contributed by atoms with Crippen LogP contribution in [0.4, 0.5) is 0 Å². The van der Waals surface area contributed by atoms with E-state index in [9.17, 15) is 13.2 Å². The molecule has 0 amide bonds. The molecule has 0 aliphatic rings. The normalized spacial score (nSPS) is 12.8. The molecule has 0 unspecified atom stereocenters. The van der Waals surface area contributed by atoms with Crippen LogP contribution in [0.2, 0.25) is 0 Å². The molecule has 0 fully saturated rings. The maximum absolute atomic E-state index is 11.2. The number of nitrogens with two attached hydrogens (primary N) is 1. The molecule has 0 saturated heterocycles. The fourth-order valence-electron chi connectivity index (χ4n) is 1.18. The minimum absolute atomic E-state index is 0.0380. The quantitative estimate of drug-likeness (QED) is 0.770. The third kappa shape index (κ3) is 2.45. The first-order chi connectivity index (χ1) is 6.66. The summed E-state index contributed by atoms with van der Waals surface area (Å²) in [5.74, 6) is 0.163. The van der Waals surface area contributed by atoms with Gasteiger partial charge in [-0.3, -0.25) is 4.79 Å². The zero-order valence-electron chi connectivity index (χ0n) is 8.77. The van der Waals surface area contributed by atoms with Crippen LogP contribution >= 0.6 is 0 Å². The molecular weight excluding hydrogens is 218 g/mol. The van der Waals surface area contributed by atoms with Crippen molar-refractivity contribution in [3.63, 3.8) is 0 Å². The molecule has 0 saturated carbocycles. The van der Waals surface area contributed by atoms with Crippen molar-refractivity contribution in [3.8, 4) is 0 Å². The van der Waals surface area contributed by atoms with Crippen LogP contribution in [0.15, 0.2) is 15.4 Å². The fourth-order valence-corrected chi connectivity index (χ4v) is 2.07. The first kappa shape index (κ1) is 11.9. The van der Waals surface area contributed by atoms with Crippen molar-refractivity contribution in [2.45, 2.75) is 31.1 Å². The number of furan rings is 1. The Bertz CT molecular complexity index is 479. The van der Waals surface area contributed by atoms with Gasteiger partial charge in [-0.1, -0.05) is 20.8 Å². The summed E-state index contributed by atoms with van der Waals surface area (Å²) < 4.78 is 27.6. The molecule has 84 valence electrons. The van der Waals surface area contributed by atoms with Gasteiger partial charge < -0.3 is 4.42 Å². The van der Waals surface area contributed by atoms with Crippen LogP contribution < -0.4 is 5.14 Å². The van der Waals surface area contributed by atoms with Crippen LogP contribution in [0.25, 0.3) is 0 Å². The number of aldehydes is 1. The van der Waals surface area contributed by atoms with Crippen LogP contribution in [-0.4, -0.2) is 14.7 Å². The van der Waals surface area contributed by atoms with Crippen LogP contribution in [-0.2, 0) is 15.4 Å². The third-order valence-corrected chi connectivity index (χ3v) is 2.74. The van der Waals surface area contributed by atoms with Crippen molar-refractivity contribution < 1.29 is 17.6 Å². The van der Waals surface area contributed by atoms with E-state index < -0.39 is 15.4 Å². The Morgan fingerprint density at radius 2 is 1.93 bits per heavy atom. The van der Waals surface area contributed by atoms with E-state index in [0.29, 0.717) is 6.29 Å². The van der Waals surface area contributed by atoms with Gasteiger partial charge in [0.1, 0.15) is 10.7 Å². The van der Waals surface area contributed by atoms with E-state index in [4.69, 9.17) is 9.56 Å². The van der Waals surface area contributed by atoms with E-state index in [-0.39, 0.29) is 16.4 Å². The number of sulfonamides is 1. The van der Waals surface area contributed by atoms with E-state index in [1.165, 1.54) is 0 Å². The summed E-state index contributed by atoms with van der Waals surface area (Å²) in [5.41, 5.74) is -0.525. The summed E-state index contributed by atoms with van der Waals surface area (Å²) in [7, 11) is -3.86. The van der Waals surface area contributed by atoms with Gasteiger partial charge in [0.2, 0.25) is 10.0 Å². The highest BCUT2D eigenvalue weighted by Gasteiger charge is 2.28. The van der Waals surface area contributed by atoms with Crippen molar-refractivity contribution in [3.05, 3.63) is 17.6 Å². The zero-order valence-corrected chi connectivity index (χ0v) is 9.59. The van der Waals surface area contributed by atoms with E-state index in [1.54, 1.807) is 20.8 Å². The number of rotatable bonds is 2. The Balaban J connectivity index is 3.51. The van der Waals surface area contributed by atoms with Crippen LogP contribution in [0.5, 0.6) is 0 Å². The Morgan fingerprint density at radius 3 is 2.20 bits per heavy atom. The summed E-state index contributed by atoms with van der Waals surface area (Å²) in [6.45, 7) is 5.32. The maximum Gasteiger partial charge on any atom is 0.241 e. The highest BCUT2D eigenvalue weighted by atomic mass is 32.2. The largest absolute Gasteiger partial charge is 0.456 e. The molecule has 0 aromatic carbocycles. The summed E-state index contributed by atoms with van der Waals surface area (Å²) in [4.78, 5) is 10.4.